The molecule has 1 aromatic carbocycles. The summed E-state index contributed by atoms with van der Waals surface area (Å²) in [6.45, 7) is 6.08. The van der Waals surface area contributed by atoms with Crippen molar-refractivity contribution in [2.75, 3.05) is 23.8 Å². The van der Waals surface area contributed by atoms with Gasteiger partial charge in [-0.2, -0.15) is 0 Å². The molecule has 1 fully saturated rings. The lowest BCUT2D eigenvalue weighted by molar-refractivity contribution is 0.342. The van der Waals surface area contributed by atoms with E-state index < -0.39 is 0 Å². The van der Waals surface area contributed by atoms with E-state index in [0.29, 0.717) is 12.6 Å². The van der Waals surface area contributed by atoms with Crippen molar-refractivity contribution in [3.05, 3.63) is 18.2 Å². The normalized spacial score (nSPS) is 20.1. The molecule has 0 aromatic heterocycles. The summed E-state index contributed by atoms with van der Waals surface area (Å²) in [5.41, 5.74) is 7.95. The fourth-order valence-electron chi connectivity index (χ4n) is 2.92. The van der Waals surface area contributed by atoms with Crippen molar-refractivity contribution in [2.24, 2.45) is 0 Å². The van der Waals surface area contributed by atoms with E-state index in [1.807, 2.05) is 13.0 Å². The van der Waals surface area contributed by atoms with Gasteiger partial charge in [0.25, 0.3) is 0 Å². The van der Waals surface area contributed by atoms with Crippen molar-refractivity contribution in [2.45, 2.75) is 52.0 Å². The van der Waals surface area contributed by atoms with Crippen LogP contribution in [0.25, 0.3) is 0 Å². The summed E-state index contributed by atoms with van der Waals surface area (Å²) in [6, 6.07) is 6.86. The van der Waals surface area contributed by atoms with Crippen LogP contribution in [0.4, 0.5) is 11.4 Å². The molecule has 1 atom stereocenters. The second-order valence-corrected chi connectivity index (χ2v) is 5.26. The lowest BCUT2D eigenvalue weighted by Crippen LogP contribution is -2.34. The van der Waals surface area contributed by atoms with Gasteiger partial charge in [0.1, 0.15) is 5.75 Å². The molecule has 1 aliphatic rings. The minimum absolute atomic E-state index is 0.653. The van der Waals surface area contributed by atoms with Gasteiger partial charge in [-0.25, -0.2) is 0 Å². The van der Waals surface area contributed by atoms with Crippen molar-refractivity contribution in [1.29, 1.82) is 0 Å². The molecule has 0 aliphatic carbocycles. The Hall–Kier alpha value is -1.38. The summed E-state index contributed by atoms with van der Waals surface area (Å²) < 4.78 is 5.62. The van der Waals surface area contributed by atoms with Gasteiger partial charge in [0.15, 0.2) is 0 Å². The topological polar surface area (TPSA) is 38.5 Å². The summed E-state index contributed by atoms with van der Waals surface area (Å²) in [5, 5.41) is 0. The fourth-order valence-corrected chi connectivity index (χ4v) is 2.92. The van der Waals surface area contributed by atoms with Crippen molar-refractivity contribution in [1.82, 2.24) is 0 Å². The van der Waals surface area contributed by atoms with Crippen LogP contribution in [0.15, 0.2) is 18.2 Å². The molecule has 19 heavy (non-hydrogen) atoms. The van der Waals surface area contributed by atoms with Crippen LogP contribution >= 0.6 is 0 Å². The number of anilines is 2. The number of hydrogen-bond donors (Lipinski definition) is 1. The molecule has 0 radical (unpaired) electrons. The summed E-state index contributed by atoms with van der Waals surface area (Å²) >= 11 is 0. The first kappa shape index (κ1) is 14.0. The Kier molecular flexibility index (Phi) is 4.94. The number of nitrogens with zero attached hydrogens (tertiary/aromatic N) is 1. The summed E-state index contributed by atoms with van der Waals surface area (Å²) in [4.78, 5) is 2.54. The third-order valence-electron chi connectivity index (χ3n) is 3.98. The van der Waals surface area contributed by atoms with E-state index in [4.69, 9.17) is 10.5 Å². The molecule has 2 N–H and O–H groups in total. The SMILES string of the molecule is CCOc1cc(N2CCCCCC2CC)ccc1N. The van der Waals surface area contributed by atoms with Crippen LogP contribution < -0.4 is 15.4 Å². The quantitative estimate of drug-likeness (QED) is 0.838. The highest BCUT2D eigenvalue weighted by molar-refractivity contribution is 5.62. The largest absolute Gasteiger partial charge is 0.492 e. The Morgan fingerprint density at radius 3 is 2.84 bits per heavy atom. The number of benzene rings is 1. The Labute approximate surface area is 116 Å². The molecule has 1 saturated heterocycles. The molecule has 0 saturated carbocycles. The highest BCUT2D eigenvalue weighted by Crippen LogP contribution is 2.31. The molecule has 1 aliphatic heterocycles. The van der Waals surface area contributed by atoms with Gasteiger partial charge in [-0.1, -0.05) is 19.8 Å². The van der Waals surface area contributed by atoms with Crippen molar-refractivity contribution in [3.63, 3.8) is 0 Å². The molecule has 3 heteroatoms. The van der Waals surface area contributed by atoms with Gasteiger partial charge in [0.2, 0.25) is 0 Å². The third-order valence-corrected chi connectivity index (χ3v) is 3.98. The van der Waals surface area contributed by atoms with E-state index in [0.717, 1.165) is 18.0 Å². The van der Waals surface area contributed by atoms with Crippen molar-refractivity contribution < 1.29 is 4.74 Å². The molecule has 2 rings (SSSR count). The average Bonchev–Trinajstić information content (AvgIpc) is 2.66. The third kappa shape index (κ3) is 3.34. The standard InChI is InChI=1S/C16H26N2O/c1-3-13-8-6-5-7-11-18(13)14-9-10-15(17)16(12-14)19-4-2/h9-10,12-13H,3-8,11,17H2,1-2H3. The Morgan fingerprint density at radius 2 is 2.11 bits per heavy atom. The Bertz CT molecular complexity index is 406. The zero-order valence-electron chi connectivity index (χ0n) is 12.2. The zero-order chi connectivity index (χ0) is 13.7. The number of rotatable bonds is 4. The van der Waals surface area contributed by atoms with Crippen LogP contribution in [-0.4, -0.2) is 19.2 Å². The van der Waals surface area contributed by atoms with Crippen LogP contribution in [0.3, 0.4) is 0 Å². The molecule has 1 aromatic rings. The number of nitrogen functional groups attached to an aromatic ring is 1. The van der Waals surface area contributed by atoms with Gasteiger partial charge >= 0.3 is 0 Å². The Balaban J connectivity index is 2.25. The molecule has 1 heterocycles. The van der Waals surface area contributed by atoms with E-state index in [-0.39, 0.29) is 0 Å². The molecule has 0 bridgehead atoms. The van der Waals surface area contributed by atoms with Gasteiger partial charge < -0.3 is 15.4 Å². The second kappa shape index (κ2) is 6.69. The van der Waals surface area contributed by atoms with E-state index >= 15 is 0 Å². The van der Waals surface area contributed by atoms with Gasteiger partial charge in [-0.15, -0.1) is 0 Å². The van der Waals surface area contributed by atoms with E-state index in [1.54, 1.807) is 0 Å². The number of hydrogen-bond acceptors (Lipinski definition) is 3. The van der Waals surface area contributed by atoms with Crippen molar-refractivity contribution in [3.8, 4) is 5.75 Å². The summed E-state index contributed by atoms with van der Waals surface area (Å²) in [6.07, 6.45) is 6.48. The molecular formula is C16H26N2O. The van der Waals surface area contributed by atoms with Crippen LogP contribution in [0, 0.1) is 0 Å². The molecule has 0 spiro atoms. The van der Waals surface area contributed by atoms with Crippen LogP contribution in [0.1, 0.15) is 46.0 Å². The van der Waals surface area contributed by atoms with E-state index in [2.05, 4.69) is 24.0 Å². The van der Waals surface area contributed by atoms with Gasteiger partial charge in [-0.3, -0.25) is 0 Å². The zero-order valence-corrected chi connectivity index (χ0v) is 12.2. The minimum atomic E-state index is 0.653. The van der Waals surface area contributed by atoms with Gasteiger partial charge in [0, 0.05) is 24.3 Å². The average molecular weight is 262 g/mol. The van der Waals surface area contributed by atoms with E-state index in [1.165, 1.54) is 37.8 Å². The predicted octanol–water partition coefficient (Wildman–Crippen LogP) is 3.83. The van der Waals surface area contributed by atoms with Crippen molar-refractivity contribution >= 4 is 11.4 Å². The number of nitrogens with two attached hydrogens (primary N) is 1. The Morgan fingerprint density at radius 1 is 1.26 bits per heavy atom. The van der Waals surface area contributed by atoms with Gasteiger partial charge in [-0.05, 0) is 38.3 Å². The fraction of sp³-hybridized carbons (Fsp3) is 0.625. The summed E-state index contributed by atoms with van der Waals surface area (Å²) in [5.74, 6) is 0.819. The first-order chi connectivity index (χ1) is 9.26. The molecule has 0 amide bonds. The maximum atomic E-state index is 5.96. The van der Waals surface area contributed by atoms with Crippen LogP contribution in [0.5, 0.6) is 5.75 Å². The second-order valence-electron chi connectivity index (χ2n) is 5.26. The molecule has 1 unspecified atom stereocenters. The lowest BCUT2D eigenvalue weighted by Gasteiger charge is -2.32. The highest BCUT2D eigenvalue weighted by atomic mass is 16.5. The monoisotopic (exact) mass is 262 g/mol. The maximum absolute atomic E-state index is 5.96. The molecule has 3 nitrogen and oxygen atoms in total. The first-order valence-electron chi connectivity index (χ1n) is 7.55. The van der Waals surface area contributed by atoms with Crippen LogP contribution in [0.2, 0.25) is 0 Å². The van der Waals surface area contributed by atoms with E-state index in [9.17, 15) is 0 Å². The smallest absolute Gasteiger partial charge is 0.144 e. The maximum Gasteiger partial charge on any atom is 0.144 e. The molecule has 106 valence electrons. The molecular weight excluding hydrogens is 236 g/mol. The number of ether oxygens (including phenoxy) is 1. The van der Waals surface area contributed by atoms with Gasteiger partial charge in [0.05, 0.1) is 12.3 Å². The minimum Gasteiger partial charge on any atom is -0.492 e. The van der Waals surface area contributed by atoms with Crippen LogP contribution in [-0.2, 0) is 0 Å². The first-order valence-corrected chi connectivity index (χ1v) is 7.55. The highest BCUT2D eigenvalue weighted by Gasteiger charge is 2.20. The lowest BCUT2D eigenvalue weighted by atomic mass is 10.1. The summed E-state index contributed by atoms with van der Waals surface area (Å²) in [7, 11) is 0. The predicted molar refractivity (Wildman–Crippen MR) is 81.9 cm³/mol.